The Morgan fingerprint density at radius 1 is 1.08 bits per heavy atom. The molecule has 2 aromatic carbocycles. The number of hydrogen-bond acceptors (Lipinski definition) is 4. The van der Waals surface area contributed by atoms with Crippen LogP contribution < -0.4 is 0 Å². The minimum Gasteiger partial charge on any atom is -0.481 e. The second-order valence-electron chi connectivity index (χ2n) is 6.17. The van der Waals surface area contributed by atoms with Gasteiger partial charge in [-0.15, -0.1) is 0 Å². The molecule has 2 aromatic rings. The van der Waals surface area contributed by atoms with Crippen molar-refractivity contribution in [3.8, 4) is 0 Å². The predicted molar refractivity (Wildman–Crippen MR) is 88.5 cm³/mol. The molecule has 1 aliphatic rings. The molecule has 1 saturated carbocycles. The van der Waals surface area contributed by atoms with Gasteiger partial charge in [0.05, 0.1) is 16.8 Å². The summed E-state index contributed by atoms with van der Waals surface area (Å²) in [5.74, 6) is -2.06. The first-order chi connectivity index (χ1) is 11.4. The number of benzene rings is 2. The maximum absolute atomic E-state index is 12.9. The van der Waals surface area contributed by atoms with Crippen LogP contribution in [0.15, 0.2) is 59.5 Å². The molecule has 1 fully saturated rings. The van der Waals surface area contributed by atoms with Crippen LogP contribution in [0.5, 0.6) is 0 Å². The lowest BCUT2D eigenvalue weighted by Crippen LogP contribution is -2.27. The van der Waals surface area contributed by atoms with Crippen molar-refractivity contribution in [3.05, 3.63) is 65.7 Å². The highest BCUT2D eigenvalue weighted by Crippen LogP contribution is 2.64. The standard InChI is InChI=1S/C18H18O5S/c1-12-7-9-13(10-8-12)15-16(18(15,11-19)17(20)21)24(22,23)14-5-3-2-4-6-14/h2-10,15-16,19H,11H2,1H3,(H,20,21)/t15-,16+,18-/m0/s1. The minimum atomic E-state index is -3.88. The van der Waals surface area contributed by atoms with Gasteiger partial charge in [-0.25, -0.2) is 8.42 Å². The molecule has 0 spiro atoms. The lowest BCUT2D eigenvalue weighted by molar-refractivity contribution is -0.145. The van der Waals surface area contributed by atoms with E-state index in [4.69, 9.17) is 0 Å². The highest BCUT2D eigenvalue weighted by atomic mass is 32.2. The molecule has 1 aliphatic carbocycles. The second kappa shape index (κ2) is 5.72. The van der Waals surface area contributed by atoms with E-state index in [1.54, 1.807) is 30.3 Å². The fraction of sp³-hybridized carbons (Fsp3) is 0.278. The van der Waals surface area contributed by atoms with Gasteiger partial charge in [-0.2, -0.15) is 0 Å². The van der Waals surface area contributed by atoms with Gasteiger partial charge < -0.3 is 10.2 Å². The zero-order chi connectivity index (χ0) is 17.5. The molecule has 0 radical (unpaired) electrons. The molecule has 0 amide bonds. The lowest BCUT2D eigenvalue weighted by Gasteiger charge is -2.09. The van der Waals surface area contributed by atoms with E-state index in [0.717, 1.165) is 5.56 Å². The third kappa shape index (κ3) is 2.34. The number of rotatable bonds is 5. The first kappa shape index (κ1) is 16.7. The molecule has 0 saturated heterocycles. The summed E-state index contributed by atoms with van der Waals surface area (Å²) in [5.41, 5.74) is -0.0995. The maximum atomic E-state index is 12.9. The van der Waals surface area contributed by atoms with Crippen molar-refractivity contribution in [2.45, 2.75) is 23.0 Å². The molecule has 0 aliphatic heterocycles. The van der Waals surface area contributed by atoms with E-state index >= 15 is 0 Å². The van der Waals surface area contributed by atoms with Crippen molar-refractivity contribution in [2.24, 2.45) is 5.41 Å². The number of aryl methyl sites for hydroxylation is 1. The zero-order valence-corrected chi connectivity index (χ0v) is 13.9. The molecule has 2 N–H and O–H groups in total. The van der Waals surface area contributed by atoms with Crippen molar-refractivity contribution in [1.29, 1.82) is 0 Å². The molecule has 6 heteroatoms. The average molecular weight is 346 g/mol. The maximum Gasteiger partial charge on any atom is 0.314 e. The Morgan fingerprint density at radius 3 is 2.17 bits per heavy atom. The van der Waals surface area contributed by atoms with Crippen LogP contribution >= 0.6 is 0 Å². The Kier molecular flexibility index (Phi) is 3.97. The Labute approximate surface area is 140 Å². The van der Waals surface area contributed by atoms with Crippen LogP contribution in [0.2, 0.25) is 0 Å². The third-order valence-corrected chi connectivity index (χ3v) is 7.05. The smallest absolute Gasteiger partial charge is 0.314 e. The molecule has 0 bridgehead atoms. The van der Waals surface area contributed by atoms with E-state index in [1.165, 1.54) is 12.1 Å². The predicted octanol–water partition coefficient (Wildman–Crippen LogP) is 2.00. The fourth-order valence-electron chi connectivity index (χ4n) is 3.37. The van der Waals surface area contributed by atoms with E-state index in [9.17, 15) is 23.4 Å². The molecule has 5 nitrogen and oxygen atoms in total. The van der Waals surface area contributed by atoms with Gasteiger partial charge in [-0.3, -0.25) is 4.79 Å². The summed E-state index contributed by atoms with van der Waals surface area (Å²) in [4.78, 5) is 11.9. The molecule has 0 heterocycles. The lowest BCUT2D eigenvalue weighted by atomic mass is 9.99. The monoisotopic (exact) mass is 346 g/mol. The quantitative estimate of drug-likeness (QED) is 0.864. The van der Waals surface area contributed by atoms with Crippen LogP contribution in [0, 0.1) is 12.3 Å². The highest BCUT2D eigenvalue weighted by molar-refractivity contribution is 7.92. The van der Waals surface area contributed by atoms with Gasteiger partial charge in [0.1, 0.15) is 5.41 Å². The summed E-state index contributed by atoms with van der Waals surface area (Å²) in [7, 11) is -3.88. The summed E-state index contributed by atoms with van der Waals surface area (Å²) in [6, 6.07) is 14.9. The highest BCUT2D eigenvalue weighted by Gasteiger charge is 2.75. The minimum absolute atomic E-state index is 0.0729. The molecular weight excluding hydrogens is 328 g/mol. The number of hydrogen-bond donors (Lipinski definition) is 2. The number of sulfone groups is 1. The van der Waals surface area contributed by atoms with Crippen LogP contribution in [-0.2, 0) is 14.6 Å². The van der Waals surface area contributed by atoms with Gasteiger partial charge in [0.15, 0.2) is 9.84 Å². The van der Waals surface area contributed by atoms with E-state index in [1.807, 2.05) is 19.1 Å². The first-order valence-corrected chi connectivity index (χ1v) is 9.10. The topological polar surface area (TPSA) is 91.7 Å². The molecule has 3 rings (SSSR count). The molecular formula is C18H18O5S. The number of aliphatic carboxylic acids is 1. The van der Waals surface area contributed by atoms with Gasteiger partial charge >= 0.3 is 5.97 Å². The van der Waals surface area contributed by atoms with Gasteiger partial charge in [-0.1, -0.05) is 48.0 Å². The summed E-state index contributed by atoms with van der Waals surface area (Å²) in [6.45, 7) is 1.17. The summed E-state index contributed by atoms with van der Waals surface area (Å²) in [5, 5.41) is 18.2. The molecule has 126 valence electrons. The second-order valence-corrected chi connectivity index (χ2v) is 8.24. The zero-order valence-electron chi connectivity index (χ0n) is 13.1. The SMILES string of the molecule is Cc1ccc([C@H]2[C@@H](S(=O)(=O)c3ccccc3)[C@@]2(CO)C(=O)O)cc1. The van der Waals surface area contributed by atoms with E-state index < -0.39 is 39.0 Å². The van der Waals surface area contributed by atoms with E-state index in [0.29, 0.717) is 5.56 Å². The van der Waals surface area contributed by atoms with Crippen LogP contribution in [0.4, 0.5) is 0 Å². The van der Waals surface area contributed by atoms with Crippen molar-refractivity contribution in [1.82, 2.24) is 0 Å². The van der Waals surface area contributed by atoms with E-state index in [-0.39, 0.29) is 4.90 Å². The summed E-state index contributed by atoms with van der Waals surface area (Å²) >= 11 is 0. The fourth-order valence-corrected chi connectivity index (χ4v) is 5.76. The van der Waals surface area contributed by atoms with Gasteiger partial charge in [-0.05, 0) is 24.6 Å². The number of carboxylic acids is 1. The van der Waals surface area contributed by atoms with Gasteiger partial charge in [0.2, 0.25) is 0 Å². The number of carboxylic acid groups (broad SMARTS) is 1. The number of aliphatic hydroxyl groups excluding tert-OH is 1. The first-order valence-electron chi connectivity index (χ1n) is 7.55. The molecule has 24 heavy (non-hydrogen) atoms. The third-order valence-electron chi connectivity index (χ3n) is 4.76. The Balaban J connectivity index is 2.11. The van der Waals surface area contributed by atoms with Gasteiger partial charge in [0, 0.05) is 5.92 Å². The van der Waals surface area contributed by atoms with Crippen LogP contribution in [0.1, 0.15) is 17.0 Å². The largest absolute Gasteiger partial charge is 0.481 e. The molecule has 0 unspecified atom stereocenters. The summed E-state index contributed by atoms with van der Waals surface area (Å²) < 4.78 is 25.9. The van der Waals surface area contributed by atoms with Crippen molar-refractivity contribution in [2.75, 3.05) is 6.61 Å². The van der Waals surface area contributed by atoms with E-state index in [2.05, 4.69) is 0 Å². The molecule has 0 aromatic heterocycles. The Hall–Kier alpha value is -2.18. The molecule has 3 atom stereocenters. The number of carbonyl (C=O) groups is 1. The normalized spacial score (nSPS) is 26.1. The summed E-state index contributed by atoms with van der Waals surface area (Å²) in [6.07, 6.45) is 0. The number of aliphatic hydroxyl groups is 1. The Morgan fingerprint density at radius 2 is 1.67 bits per heavy atom. The average Bonchev–Trinajstić information content (AvgIpc) is 3.28. The van der Waals surface area contributed by atoms with Crippen molar-refractivity contribution < 1.29 is 23.4 Å². The Bertz CT molecular complexity index is 858. The van der Waals surface area contributed by atoms with Crippen molar-refractivity contribution in [3.63, 3.8) is 0 Å². The van der Waals surface area contributed by atoms with Gasteiger partial charge in [0.25, 0.3) is 0 Å². The van der Waals surface area contributed by atoms with Crippen molar-refractivity contribution >= 4 is 15.8 Å². The van der Waals surface area contributed by atoms with Crippen LogP contribution in [0.3, 0.4) is 0 Å². The van der Waals surface area contributed by atoms with Crippen LogP contribution in [-0.4, -0.2) is 36.5 Å². The van der Waals surface area contributed by atoms with Crippen LogP contribution in [0.25, 0.3) is 0 Å².